The number of benzene rings is 9. The first-order chi connectivity index (χ1) is 33.7. The molecule has 0 saturated heterocycles. The Morgan fingerprint density at radius 2 is 0.986 bits per heavy atom. The number of nitrogens with zero attached hydrogens (tertiary/aromatic N) is 2. The smallest absolute Gasteiger partial charge is 0.138 e. The summed E-state index contributed by atoms with van der Waals surface area (Å²) in [5.41, 5.74) is 23.3. The molecule has 0 bridgehead atoms. The minimum absolute atomic E-state index is 0.127. The number of para-hydroxylation sites is 3. The van der Waals surface area contributed by atoms with Gasteiger partial charge >= 0.3 is 0 Å². The van der Waals surface area contributed by atoms with Crippen LogP contribution in [0, 0.1) is 0 Å². The largest absolute Gasteiger partial charge is 0.460 e. The first-order valence-electron chi connectivity index (χ1n) is 24.4. The highest BCUT2D eigenvalue weighted by molar-refractivity contribution is 6.09. The SMILES string of the molecule is CC1(C)c2ccccc2-c2ccc(N(c3ccc(-c4ccc(-n5c6ccccc6c6ccccc65)cc4)cc3)c3ccc4c(c3)C(C)(C)c3cc(-c5cccc6c5OC5=CC=CCC56)ccc3-4)cc21. The summed E-state index contributed by atoms with van der Waals surface area (Å²) in [5.74, 6) is 2.36. The molecule has 0 N–H and O–H groups in total. The Balaban J connectivity index is 0.846. The Labute approximate surface area is 403 Å². The van der Waals surface area contributed by atoms with Gasteiger partial charge in [-0.05, 0) is 140 Å². The molecular weight excluding hydrogens is 837 g/mol. The third kappa shape index (κ3) is 5.86. The summed E-state index contributed by atoms with van der Waals surface area (Å²) in [6.07, 6.45) is 7.48. The number of hydrogen-bond acceptors (Lipinski definition) is 2. The van der Waals surface area contributed by atoms with Crippen LogP contribution in [-0.4, -0.2) is 4.57 Å². The van der Waals surface area contributed by atoms with Crippen LogP contribution in [0.5, 0.6) is 5.75 Å². The van der Waals surface area contributed by atoms with Gasteiger partial charge < -0.3 is 14.2 Å². The molecule has 9 aromatic carbocycles. The number of allylic oxidation sites excluding steroid dienone is 4. The second-order valence-corrected chi connectivity index (χ2v) is 20.4. The van der Waals surface area contributed by atoms with Gasteiger partial charge in [0.25, 0.3) is 0 Å². The Bertz CT molecular complexity index is 3790. The lowest BCUT2D eigenvalue weighted by atomic mass is 9.81. The number of fused-ring (bicyclic) bond motifs is 12. The summed E-state index contributed by atoms with van der Waals surface area (Å²) in [5, 5.41) is 2.54. The molecule has 2 heterocycles. The van der Waals surface area contributed by atoms with Crippen LogP contribution in [0.3, 0.4) is 0 Å². The van der Waals surface area contributed by atoms with Gasteiger partial charge in [-0.1, -0.05) is 167 Å². The standard InChI is InChI=1S/C66H50N2O/c1-65(2)57-20-9-5-14-49(57)51-36-33-46(39-59(51)65)67(44-29-24-41(25-30-44)42-26-31-45(32-27-42)68-61-21-10-6-15-53(61)54-16-7-11-22-62(54)68)47-34-37-52-50-35-28-43(38-58(50)66(3,4)60(52)40-47)48-18-13-19-56-55-17-8-12-23-63(55)69-64(48)56/h5-16,18-40,55H,17H2,1-4H3. The molecule has 3 aliphatic carbocycles. The van der Waals surface area contributed by atoms with Crippen LogP contribution in [0.2, 0.25) is 0 Å². The predicted molar refractivity (Wildman–Crippen MR) is 287 cm³/mol. The lowest BCUT2D eigenvalue weighted by Gasteiger charge is -2.30. The average Bonchev–Trinajstić information content (AvgIpc) is 4.07. The van der Waals surface area contributed by atoms with Crippen molar-refractivity contribution in [1.82, 2.24) is 4.57 Å². The van der Waals surface area contributed by atoms with E-state index in [2.05, 4.69) is 250 Å². The van der Waals surface area contributed by atoms with Crippen molar-refractivity contribution in [1.29, 1.82) is 0 Å². The highest BCUT2D eigenvalue weighted by Gasteiger charge is 2.39. The summed E-state index contributed by atoms with van der Waals surface area (Å²) >= 11 is 0. The molecule has 1 aromatic heterocycles. The van der Waals surface area contributed by atoms with Crippen LogP contribution < -0.4 is 9.64 Å². The van der Waals surface area contributed by atoms with E-state index < -0.39 is 0 Å². The van der Waals surface area contributed by atoms with E-state index in [1.165, 1.54) is 88.6 Å². The lowest BCUT2D eigenvalue weighted by Crippen LogP contribution is -2.18. The van der Waals surface area contributed by atoms with Crippen molar-refractivity contribution in [2.45, 2.75) is 50.9 Å². The number of anilines is 3. The second-order valence-electron chi connectivity index (χ2n) is 20.4. The first-order valence-corrected chi connectivity index (χ1v) is 24.4. The van der Waals surface area contributed by atoms with Crippen molar-refractivity contribution in [3.05, 3.63) is 246 Å². The first kappa shape index (κ1) is 40.0. The molecule has 0 fully saturated rings. The maximum Gasteiger partial charge on any atom is 0.138 e. The molecule has 0 amide bonds. The molecule has 0 saturated carbocycles. The summed E-state index contributed by atoms with van der Waals surface area (Å²) in [7, 11) is 0. The highest BCUT2D eigenvalue weighted by atomic mass is 16.5. The summed E-state index contributed by atoms with van der Waals surface area (Å²) in [6.45, 7) is 9.52. The van der Waals surface area contributed by atoms with Crippen molar-refractivity contribution in [2.24, 2.45) is 0 Å². The van der Waals surface area contributed by atoms with E-state index in [1.807, 2.05) is 0 Å². The van der Waals surface area contributed by atoms with E-state index >= 15 is 0 Å². The van der Waals surface area contributed by atoms with Gasteiger partial charge in [-0.25, -0.2) is 0 Å². The van der Waals surface area contributed by atoms with Gasteiger partial charge in [0.15, 0.2) is 0 Å². The fraction of sp³-hybridized carbons (Fsp3) is 0.121. The number of ether oxygens (including phenoxy) is 1. The van der Waals surface area contributed by atoms with E-state index in [0.29, 0.717) is 5.92 Å². The molecule has 0 spiro atoms. The van der Waals surface area contributed by atoms with Gasteiger partial charge in [0.05, 0.1) is 11.0 Å². The van der Waals surface area contributed by atoms with Crippen molar-refractivity contribution in [2.75, 3.05) is 4.90 Å². The van der Waals surface area contributed by atoms with Crippen LogP contribution in [0.15, 0.2) is 218 Å². The molecule has 1 aliphatic heterocycles. The maximum absolute atomic E-state index is 6.59. The van der Waals surface area contributed by atoms with E-state index in [-0.39, 0.29) is 10.8 Å². The molecule has 330 valence electrons. The molecule has 1 unspecified atom stereocenters. The fourth-order valence-electron chi connectivity index (χ4n) is 12.4. The van der Waals surface area contributed by atoms with Gasteiger partial charge in [0.1, 0.15) is 11.5 Å². The Kier molecular flexibility index (Phi) is 8.50. The van der Waals surface area contributed by atoms with E-state index in [9.17, 15) is 0 Å². The van der Waals surface area contributed by atoms with Crippen LogP contribution in [0.25, 0.3) is 72.0 Å². The fourth-order valence-corrected chi connectivity index (χ4v) is 12.4. The average molecular weight is 887 g/mol. The monoisotopic (exact) mass is 886 g/mol. The van der Waals surface area contributed by atoms with E-state index in [1.54, 1.807) is 0 Å². The van der Waals surface area contributed by atoms with Crippen LogP contribution >= 0.6 is 0 Å². The lowest BCUT2D eigenvalue weighted by molar-refractivity contribution is 0.426. The molecule has 69 heavy (non-hydrogen) atoms. The third-order valence-corrected chi connectivity index (χ3v) is 16.0. The van der Waals surface area contributed by atoms with Crippen molar-refractivity contribution >= 4 is 38.9 Å². The summed E-state index contributed by atoms with van der Waals surface area (Å²) in [4.78, 5) is 2.47. The second kappa shape index (κ2) is 14.7. The van der Waals surface area contributed by atoms with Gasteiger partial charge in [-0.3, -0.25) is 0 Å². The topological polar surface area (TPSA) is 17.4 Å². The van der Waals surface area contributed by atoms with Gasteiger partial charge in [0.2, 0.25) is 0 Å². The molecule has 4 aliphatic rings. The Hall–Kier alpha value is -8.14. The normalized spacial score (nSPS) is 16.3. The van der Waals surface area contributed by atoms with Crippen LogP contribution in [0.1, 0.15) is 67.9 Å². The minimum Gasteiger partial charge on any atom is -0.460 e. The number of aromatic nitrogens is 1. The van der Waals surface area contributed by atoms with Gasteiger partial charge in [-0.15, -0.1) is 0 Å². The Morgan fingerprint density at radius 1 is 0.464 bits per heavy atom. The summed E-state index contributed by atoms with van der Waals surface area (Å²) in [6, 6.07) is 72.5. The highest BCUT2D eigenvalue weighted by Crippen LogP contribution is 2.55. The molecule has 10 aromatic rings. The molecule has 14 rings (SSSR count). The van der Waals surface area contributed by atoms with E-state index in [4.69, 9.17) is 4.74 Å². The predicted octanol–water partition coefficient (Wildman–Crippen LogP) is 17.5. The Morgan fingerprint density at radius 3 is 1.67 bits per heavy atom. The molecule has 3 heteroatoms. The van der Waals surface area contributed by atoms with Crippen molar-refractivity contribution in [3.63, 3.8) is 0 Å². The van der Waals surface area contributed by atoms with Crippen LogP contribution in [-0.2, 0) is 10.8 Å². The number of rotatable bonds is 6. The maximum atomic E-state index is 6.59. The minimum atomic E-state index is -0.238. The quantitative estimate of drug-likeness (QED) is 0.166. The third-order valence-electron chi connectivity index (χ3n) is 16.0. The molecule has 0 radical (unpaired) electrons. The van der Waals surface area contributed by atoms with E-state index in [0.717, 1.165) is 46.2 Å². The molecule has 3 nitrogen and oxygen atoms in total. The number of hydrogen-bond donors (Lipinski definition) is 0. The molecule has 1 atom stereocenters. The van der Waals surface area contributed by atoms with Crippen LogP contribution in [0.4, 0.5) is 17.1 Å². The van der Waals surface area contributed by atoms with Crippen molar-refractivity contribution in [3.8, 4) is 55.9 Å². The van der Waals surface area contributed by atoms with Crippen molar-refractivity contribution < 1.29 is 4.74 Å². The zero-order valence-electron chi connectivity index (χ0n) is 39.3. The zero-order valence-corrected chi connectivity index (χ0v) is 39.3. The summed E-state index contributed by atoms with van der Waals surface area (Å²) < 4.78 is 8.98. The van der Waals surface area contributed by atoms with Gasteiger partial charge in [0, 0.05) is 61.4 Å². The molecular formula is C66H50N2O. The zero-order chi connectivity index (χ0) is 46.2. The van der Waals surface area contributed by atoms with Gasteiger partial charge in [-0.2, -0.15) is 0 Å².